The van der Waals surface area contributed by atoms with Crippen LogP contribution in [0.15, 0.2) is 34.1 Å². The molecule has 0 saturated heterocycles. The van der Waals surface area contributed by atoms with Crippen molar-refractivity contribution in [1.82, 2.24) is 4.98 Å². The van der Waals surface area contributed by atoms with Crippen LogP contribution in [-0.4, -0.2) is 47.0 Å². The van der Waals surface area contributed by atoms with E-state index in [0.717, 1.165) is 17.0 Å². The lowest BCUT2D eigenvalue weighted by Gasteiger charge is -2.39. The van der Waals surface area contributed by atoms with Gasteiger partial charge < -0.3 is 20.1 Å². The second-order valence-corrected chi connectivity index (χ2v) is 8.45. The number of fused-ring (bicyclic) bond motifs is 1. The summed E-state index contributed by atoms with van der Waals surface area (Å²) in [5, 5.41) is 20.0. The zero-order valence-corrected chi connectivity index (χ0v) is 15.8. The highest BCUT2D eigenvalue weighted by molar-refractivity contribution is 7.99. The topological polar surface area (TPSA) is 111 Å². The highest BCUT2D eigenvalue weighted by Crippen LogP contribution is 2.54. The highest BCUT2D eigenvalue weighted by atomic mass is 32.2. The van der Waals surface area contributed by atoms with Crippen LogP contribution < -0.4 is 9.77 Å². The van der Waals surface area contributed by atoms with Crippen molar-refractivity contribution in [3.63, 3.8) is 0 Å². The van der Waals surface area contributed by atoms with Gasteiger partial charge in [0.1, 0.15) is 0 Å². The Morgan fingerprint density at radius 3 is 2.46 bits per heavy atom. The number of H-pyrrole nitrogens is 1. The highest BCUT2D eigenvalue weighted by Gasteiger charge is 2.53. The molecule has 1 aliphatic rings. The zero-order chi connectivity index (χ0) is 19.1. The fourth-order valence-corrected chi connectivity index (χ4v) is 5.84. The molecule has 3 rings (SSSR count). The van der Waals surface area contributed by atoms with E-state index in [-0.39, 0.29) is 10.6 Å². The molecule has 1 aliphatic heterocycles. The van der Waals surface area contributed by atoms with Crippen molar-refractivity contribution in [2.24, 2.45) is 5.41 Å². The summed E-state index contributed by atoms with van der Waals surface area (Å²) >= 11 is 2.15. The number of carboxylic acids is 2. The van der Waals surface area contributed by atoms with Crippen molar-refractivity contribution in [3.05, 3.63) is 44.4 Å². The maximum Gasteiger partial charge on any atom is 0.312 e. The van der Waals surface area contributed by atoms with Crippen LogP contribution in [-0.2, 0) is 9.59 Å². The summed E-state index contributed by atoms with van der Waals surface area (Å²) in [7, 11) is 3.79. The number of carboxylic acid groups (broad SMARTS) is 2. The Morgan fingerprint density at radius 2 is 1.92 bits per heavy atom. The Balaban J connectivity index is 2.20. The number of hydrogen-bond acceptors (Lipinski definition) is 6. The SMILES string of the molecule is CN(C)c1ccc([C@@H]2c3sc(=O)[nH]c3SC[C@@]2(CC(=O)O)C(=O)O)cc1. The molecule has 7 nitrogen and oxygen atoms in total. The number of benzene rings is 1. The van der Waals surface area contributed by atoms with Crippen molar-refractivity contribution < 1.29 is 19.8 Å². The van der Waals surface area contributed by atoms with E-state index in [1.54, 1.807) is 0 Å². The molecule has 26 heavy (non-hydrogen) atoms. The molecule has 3 N–H and O–H groups in total. The molecule has 1 aromatic heterocycles. The number of thioether (sulfide) groups is 1. The Kier molecular flexibility index (Phi) is 4.85. The van der Waals surface area contributed by atoms with E-state index in [0.29, 0.717) is 15.5 Å². The summed E-state index contributed by atoms with van der Waals surface area (Å²) < 4.78 is 0. The molecule has 2 heterocycles. The van der Waals surface area contributed by atoms with Crippen LogP contribution in [0.3, 0.4) is 0 Å². The number of hydrogen-bond donors (Lipinski definition) is 3. The minimum atomic E-state index is -1.52. The van der Waals surface area contributed by atoms with Crippen molar-refractivity contribution in [3.8, 4) is 0 Å². The Morgan fingerprint density at radius 1 is 1.27 bits per heavy atom. The lowest BCUT2D eigenvalue weighted by atomic mass is 9.70. The van der Waals surface area contributed by atoms with Gasteiger partial charge in [-0.2, -0.15) is 0 Å². The molecule has 0 saturated carbocycles. The number of aromatic amines is 1. The van der Waals surface area contributed by atoms with Gasteiger partial charge in [-0.05, 0) is 17.7 Å². The molecule has 1 aromatic carbocycles. The summed E-state index contributed by atoms with van der Waals surface area (Å²) in [5.74, 6) is -2.96. The number of aromatic nitrogens is 1. The first kappa shape index (κ1) is 18.5. The normalized spacial score (nSPS) is 21.8. The number of aliphatic carboxylic acids is 2. The number of nitrogens with one attached hydrogen (secondary N) is 1. The second-order valence-electron chi connectivity index (χ2n) is 6.45. The molecular formula is C17H18N2O5S2. The maximum absolute atomic E-state index is 12.2. The minimum absolute atomic E-state index is 0.0778. The quantitative estimate of drug-likeness (QED) is 0.713. The number of nitrogens with zero attached hydrogens (tertiary/aromatic N) is 1. The van der Waals surface area contributed by atoms with E-state index in [9.17, 15) is 24.6 Å². The van der Waals surface area contributed by atoms with Crippen LogP contribution in [0.5, 0.6) is 0 Å². The predicted molar refractivity (Wildman–Crippen MR) is 101 cm³/mol. The van der Waals surface area contributed by atoms with E-state index in [1.165, 1.54) is 11.8 Å². The van der Waals surface area contributed by atoms with Gasteiger partial charge >= 0.3 is 16.8 Å². The molecule has 0 bridgehead atoms. The van der Waals surface area contributed by atoms with Gasteiger partial charge in [-0.1, -0.05) is 23.5 Å². The summed E-state index contributed by atoms with van der Waals surface area (Å²) in [6.07, 6.45) is -0.513. The first-order chi connectivity index (χ1) is 12.2. The molecule has 0 radical (unpaired) electrons. The molecule has 9 heteroatoms. The van der Waals surface area contributed by atoms with Gasteiger partial charge in [0.15, 0.2) is 0 Å². The van der Waals surface area contributed by atoms with Crippen LogP contribution in [0.4, 0.5) is 5.69 Å². The standard InChI is InChI=1S/C17H18N2O5S2/c1-19(2)10-5-3-9(4-6-10)12-13-14(18-16(24)26-13)25-8-17(12,15(22)23)7-11(20)21/h3-6,12H,7-8H2,1-2H3,(H,18,24)(H,20,21)(H,22,23)/t12-,17-/m1/s1. The lowest BCUT2D eigenvalue weighted by molar-refractivity contribution is -0.155. The molecule has 0 spiro atoms. The zero-order valence-electron chi connectivity index (χ0n) is 14.2. The van der Waals surface area contributed by atoms with Gasteiger partial charge in [0.2, 0.25) is 0 Å². The van der Waals surface area contributed by atoms with E-state index < -0.39 is 29.7 Å². The number of carbonyl (C=O) groups is 2. The largest absolute Gasteiger partial charge is 0.481 e. The summed E-state index contributed by atoms with van der Waals surface area (Å²) in [6, 6.07) is 7.34. The summed E-state index contributed by atoms with van der Waals surface area (Å²) in [6.45, 7) is 0. The molecule has 138 valence electrons. The molecule has 0 fully saturated rings. The molecule has 2 atom stereocenters. The van der Waals surface area contributed by atoms with Gasteiger partial charge in [0.05, 0.1) is 16.9 Å². The average Bonchev–Trinajstić information content (AvgIpc) is 2.94. The first-order valence-electron chi connectivity index (χ1n) is 7.83. The van der Waals surface area contributed by atoms with Gasteiger partial charge in [-0.3, -0.25) is 14.4 Å². The Labute approximate surface area is 157 Å². The second kappa shape index (κ2) is 6.81. The third-order valence-electron chi connectivity index (χ3n) is 4.57. The van der Waals surface area contributed by atoms with Crippen LogP contribution in [0.1, 0.15) is 22.8 Å². The number of rotatable bonds is 5. The monoisotopic (exact) mass is 394 g/mol. The van der Waals surface area contributed by atoms with Gasteiger partial charge in [0, 0.05) is 36.3 Å². The Bertz CT molecular complexity index is 903. The van der Waals surface area contributed by atoms with Crippen molar-refractivity contribution >= 4 is 40.7 Å². The van der Waals surface area contributed by atoms with Crippen molar-refractivity contribution in [2.45, 2.75) is 17.4 Å². The molecular weight excluding hydrogens is 376 g/mol. The van der Waals surface area contributed by atoms with Gasteiger partial charge in [-0.25, -0.2) is 0 Å². The summed E-state index contributed by atoms with van der Waals surface area (Å²) in [5.41, 5.74) is 0.116. The van der Waals surface area contributed by atoms with Crippen LogP contribution in [0, 0.1) is 5.41 Å². The molecule has 2 aromatic rings. The first-order valence-corrected chi connectivity index (χ1v) is 9.63. The molecule has 0 aliphatic carbocycles. The van der Waals surface area contributed by atoms with E-state index in [2.05, 4.69) is 4.98 Å². The fourth-order valence-electron chi connectivity index (χ4n) is 3.28. The smallest absolute Gasteiger partial charge is 0.312 e. The van der Waals surface area contributed by atoms with Crippen LogP contribution >= 0.6 is 23.1 Å². The fraction of sp³-hybridized carbons (Fsp3) is 0.353. The van der Waals surface area contributed by atoms with E-state index >= 15 is 0 Å². The lowest BCUT2D eigenvalue weighted by Crippen LogP contribution is -2.44. The van der Waals surface area contributed by atoms with Crippen molar-refractivity contribution in [2.75, 3.05) is 24.7 Å². The third-order valence-corrected chi connectivity index (χ3v) is 6.91. The predicted octanol–water partition coefficient (Wildman–Crippen LogP) is 2.29. The van der Waals surface area contributed by atoms with Gasteiger partial charge in [0.25, 0.3) is 0 Å². The van der Waals surface area contributed by atoms with Crippen molar-refractivity contribution in [1.29, 1.82) is 0 Å². The average molecular weight is 394 g/mol. The maximum atomic E-state index is 12.2. The third kappa shape index (κ3) is 3.12. The number of thiazole rings is 1. The minimum Gasteiger partial charge on any atom is -0.481 e. The van der Waals surface area contributed by atoms with Crippen LogP contribution in [0.25, 0.3) is 0 Å². The molecule has 0 amide bonds. The van der Waals surface area contributed by atoms with Crippen LogP contribution in [0.2, 0.25) is 0 Å². The summed E-state index contributed by atoms with van der Waals surface area (Å²) in [4.78, 5) is 40.5. The van der Waals surface area contributed by atoms with E-state index in [1.807, 2.05) is 43.3 Å². The molecule has 0 unspecified atom stereocenters. The Hall–Kier alpha value is -2.26. The number of anilines is 1. The van der Waals surface area contributed by atoms with E-state index in [4.69, 9.17) is 0 Å². The van der Waals surface area contributed by atoms with Gasteiger partial charge in [-0.15, -0.1) is 11.8 Å².